The predicted molar refractivity (Wildman–Crippen MR) is 130 cm³/mol. The molecule has 13 heteroatoms. The van der Waals surface area contributed by atoms with E-state index in [1.807, 2.05) is 6.07 Å². The quantitative estimate of drug-likeness (QED) is 0.376. The zero-order valence-electron chi connectivity index (χ0n) is 19.0. The largest absolute Gasteiger partial charge is 0.330 e. The second kappa shape index (κ2) is 11.5. The van der Waals surface area contributed by atoms with Crippen LogP contribution < -0.4 is 19.7 Å². The SMILES string of the molecule is CCCNS(=O)(=O)NC(=O)N[C@@H](CCc1cc(F)cc(F)c1)C(=O)N(C)c1ccc2scnc2c1. The monoisotopic (exact) mass is 525 g/mol. The zero-order valence-corrected chi connectivity index (χ0v) is 20.7. The number of fused-ring (bicyclic) bond motifs is 1. The fraction of sp³-hybridized carbons (Fsp3) is 0.318. The van der Waals surface area contributed by atoms with Crippen LogP contribution in [0.5, 0.6) is 0 Å². The van der Waals surface area contributed by atoms with E-state index in [4.69, 9.17) is 0 Å². The van der Waals surface area contributed by atoms with Gasteiger partial charge in [0, 0.05) is 25.3 Å². The predicted octanol–water partition coefficient (Wildman–Crippen LogP) is 3.08. The van der Waals surface area contributed by atoms with Gasteiger partial charge in [-0.1, -0.05) is 6.92 Å². The minimum Gasteiger partial charge on any atom is -0.325 e. The van der Waals surface area contributed by atoms with Gasteiger partial charge in [0.2, 0.25) is 5.91 Å². The van der Waals surface area contributed by atoms with Crippen molar-refractivity contribution in [3.8, 4) is 0 Å². The highest BCUT2D eigenvalue weighted by atomic mass is 32.2. The summed E-state index contributed by atoms with van der Waals surface area (Å²) in [4.78, 5) is 31.2. The number of urea groups is 1. The van der Waals surface area contributed by atoms with E-state index in [0.29, 0.717) is 17.6 Å². The Hall–Kier alpha value is -3.16. The Labute approximate surface area is 205 Å². The van der Waals surface area contributed by atoms with E-state index in [1.54, 1.807) is 29.3 Å². The summed E-state index contributed by atoms with van der Waals surface area (Å²) < 4.78 is 56.1. The highest BCUT2D eigenvalue weighted by Gasteiger charge is 2.26. The first-order chi connectivity index (χ1) is 16.6. The van der Waals surface area contributed by atoms with Crippen molar-refractivity contribution in [1.82, 2.24) is 19.7 Å². The Morgan fingerprint density at radius 2 is 1.86 bits per heavy atom. The van der Waals surface area contributed by atoms with E-state index >= 15 is 0 Å². The van der Waals surface area contributed by atoms with E-state index in [0.717, 1.165) is 22.9 Å². The molecule has 0 fully saturated rings. The third-order valence-corrected chi connectivity index (χ3v) is 6.90. The molecule has 0 aliphatic heterocycles. The summed E-state index contributed by atoms with van der Waals surface area (Å²) in [5.74, 6) is -2.09. The molecular weight excluding hydrogens is 500 g/mol. The molecule has 3 aromatic rings. The van der Waals surface area contributed by atoms with Crippen LogP contribution >= 0.6 is 11.3 Å². The lowest BCUT2D eigenvalue weighted by atomic mass is 10.0. The molecule has 0 spiro atoms. The summed E-state index contributed by atoms with van der Waals surface area (Å²) in [6.07, 6.45) is 0.522. The maximum absolute atomic E-state index is 13.6. The molecule has 3 amide bonds. The maximum Gasteiger partial charge on any atom is 0.330 e. The van der Waals surface area contributed by atoms with Gasteiger partial charge in [0.25, 0.3) is 0 Å². The van der Waals surface area contributed by atoms with Crippen molar-refractivity contribution in [2.75, 3.05) is 18.5 Å². The molecule has 0 saturated carbocycles. The lowest BCUT2D eigenvalue weighted by Crippen LogP contribution is -2.53. The van der Waals surface area contributed by atoms with Crippen LogP contribution in [0.1, 0.15) is 25.3 Å². The van der Waals surface area contributed by atoms with Crippen LogP contribution in [0, 0.1) is 11.6 Å². The third kappa shape index (κ3) is 7.41. The molecule has 0 bridgehead atoms. The number of halogens is 2. The number of anilines is 1. The van der Waals surface area contributed by atoms with Crippen LogP contribution in [0.4, 0.5) is 19.3 Å². The first-order valence-corrected chi connectivity index (χ1v) is 13.1. The highest BCUT2D eigenvalue weighted by Crippen LogP contribution is 2.24. The Morgan fingerprint density at radius 3 is 2.54 bits per heavy atom. The number of rotatable bonds is 10. The number of likely N-dealkylation sites (N-methyl/N-ethyl adjacent to an activating group) is 1. The zero-order chi connectivity index (χ0) is 25.6. The van der Waals surface area contributed by atoms with Crippen molar-refractivity contribution in [1.29, 1.82) is 0 Å². The first kappa shape index (κ1) is 26.4. The van der Waals surface area contributed by atoms with Crippen molar-refractivity contribution < 1.29 is 26.8 Å². The fourth-order valence-corrected chi connectivity index (χ4v) is 4.83. The second-order valence-corrected chi connectivity index (χ2v) is 10.1. The lowest BCUT2D eigenvalue weighted by Gasteiger charge is -2.25. The van der Waals surface area contributed by atoms with E-state index in [9.17, 15) is 26.8 Å². The third-order valence-electron chi connectivity index (χ3n) is 5.05. The maximum atomic E-state index is 13.6. The van der Waals surface area contributed by atoms with Crippen LogP contribution in [0.25, 0.3) is 10.2 Å². The van der Waals surface area contributed by atoms with Gasteiger partial charge >= 0.3 is 16.2 Å². The van der Waals surface area contributed by atoms with Gasteiger partial charge in [-0.25, -0.2) is 23.3 Å². The summed E-state index contributed by atoms with van der Waals surface area (Å²) >= 11 is 1.45. The van der Waals surface area contributed by atoms with Gasteiger partial charge in [-0.2, -0.15) is 13.1 Å². The summed E-state index contributed by atoms with van der Waals surface area (Å²) in [6.45, 7) is 1.88. The average Bonchev–Trinajstić information content (AvgIpc) is 3.26. The average molecular weight is 526 g/mol. The van der Waals surface area contributed by atoms with Crippen molar-refractivity contribution >= 4 is 49.4 Å². The molecule has 1 atom stereocenters. The van der Waals surface area contributed by atoms with Crippen LogP contribution in [-0.4, -0.2) is 45.0 Å². The minimum absolute atomic E-state index is 0.0408. The van der Waals surface area contributed by atoms with E-state index in [1.165, 1.54) is 23.3 Å². The van der Waals surface area contributed by atoms with Gasteiger partial charge < -0.3 is 10.2 Å². The van der Waals surface area contributed by atoms with Crippen LogP contribution in [0.2, 0.25) is 0 Å². The number of nitrogens with zero attached hydrogens (tertiary/aromatic N) is 2. The Kier molecular flexibility index (Phi) is 8.70. The summed E-state index contributed by atoms with van der Waals surface area (Å²) in [5.41, 5.74) is 3.16. The summed E-state index contributed by atoms with van der Waals surface area (Å²) in [5, 5.41) is 2.37. The molecule has 188 valence electrons. The molecule has 2 aromatic carbocycles. The van der Waals surface area contributed by atoms with Gasteiger partial charge in [0.1, 0.15) is 17.7 Å². The number of aromatic nitrogens is 1. The molecule has 0 radical (unpaired) electrons. The minimum atomic E-state index is -4.13. The molecule has 1 heterocycles. The Balaban J connectivity index is 1.79. The molecule has 9 nitrogen and oxygen atoms in total. The number of benzene rings is 2. The van der Waals surface area contributed by atoms with Gasteiger partial charge in [-0.05, 0) is 55.2 Å². The van der Waals surface area contributed by atoms with Gasteiger partial charge in [0.15, 0.2) is 0 Å². The fourth-order valence-electron chi connectivity index (χ4n) is 3.32. The molecule has 3 N–H and O–H groups in total. The van der Waals surface area contributed by atoms with E-state index in [2.05, 4.69) is 15.0 Å². The standard InChI is InChI=1S/C22H25F2N5O4S2/c1-3-8-26-35(32,33)28-22(31)27-18(6-4-14-9-15(23)11-16(24)10-14)21(30)29(2)17-5-7-20-19(12-17)25-13-34-20/h5,7,9-13,18,26H,3-4,6,8H2,1-2H3,(H2,27,28,31)/t18-/m0/s1. The van der Waals surface area contributed by atoms with E-state index < -0.39 is 39.8 Å². The molecular formula is C22H25F2N5O4S2. The number of amides is 3. The molecule has 0 aliphatic carbocycles. The highest BCUT2D eigenvalue weighted by molar-refractivity contribution is 7.88. The molecule has 3 rings (SSSR count). The van der Waals surface area contributed by atoms with Crippen LogP contribution in [0.15, 0.2) is 41.9 Å². The van der Waals surface area contributed by atoms with Crippen LogP contribution in [0.3, 0.4) is 0 Å². The molecule has 0 saturated heterocycles. The topological polar surface area (TPSA) is 120 Å². The van der Waals surface area contributed by atoms with Gasteiger partial charge in [0.05, 0.1) is 15.7 Å². The first-order valence-electron chi connectivity index (χ1n) is 10.7. The second-order valence-electron chi connectivity index (χ2n) is 7.74. The number of thiazole rings is 1. The van der Waals surface area contributed by atoms with Gasteiger partial charge in [-0.15, -0.1) is 11.3 Å². The molecule has 35 heavy (non-hydrogen) atoms. The lowest BCUT2D eigenvalue weighted by molar-refractivity contribution is -0.120. The number of nitrogens with one attached hydrogen (secondary N) is 3. The number of carbonyl (C=O) groups is 2. The van der Waals surface area contributed by atoms with Gasteiger partial charge in [-0.3, -0.25) is 4.79 Å². The number of carbonyl (C=O) groups excluding carboxylic acids is 2. The van der Waals surface area contributed by atoms with Crippen molar-refractivity contribution in [3.05, 3.63) is 59.1 Å². The smallest absolute Gasteiger partial charge is 0.325 e. The number of aryl methyl sites for hydroxylation is 1. The molecule has 0 aliphatic rings. The summed E-state index contributed by atoms with van der Waals surface area (Å²) in [6, 6.07) is 5.92. The normalized spacial score (nSPS) is 12.3. The number of hydrogen-bond donors (Lipinski definition) is 3. The summed E-state index contributed by atoms with van der Waals surface area (Å²) in [7, 11) is -2.62. The molecule has 0 unspecified atom stereocenters. The Bertz CT molecular complexity index is 1300. The van der Waals surface area contributed by atoms with E-state index in [-0.39, 0.29) is 24.9 Å². The van der Waals surface area contributed by atoms with Crippen molar-refractivity contribution in [3.63, 3.8) is 0 Å². The van der Waals surface area contributed by atoms with Crippen LogP contribution in [-0.2, 0) is 21.4 Å². The molecule has 1 aromatic heterocycles. The Morgan fingerprint density at radius 1 is 1.14 bits per heavy atom. The van der Waals surface area contributed by atoms with Crippen molar-refractivity contribution in [2.45, 2.75) is 32.2 Å². The van der Waals surface area contributed by atoms with Crippen molar-refractivity contribution in [2.24, 2.45) is 0 Å². The number of hydrogen-bond acceptors (Lipinski definition) is 6.